The van der Waals surface area contributed by atoms with E-state index in [-0.39, 0.29) is 5.09 Å². The fourth-order valence-electron chi connectivity index (χ4n) is 1.13. The Morgan fingerprint density at radius 1 is 1.53 bits per heavy atom. The van der Waals surface area contributed by atoms with Gasteiger partial charge < -0.3 is 4.42 Å². The van der Waals surface area contributed by atoms with Crippen molar-refractivity contribution in [3.63, 3.8) is 0 Å². The van der Waals surface area contributed by atoms with E-state index in [0.717, 1.165) is 4.88 Å². The van der Waals surface area contributed by atoms with E-state index in [2.05, 4.69) is 9.71 Å². The van der Waals surface area contributed by atoms with Crippen LogP contribution >= 0.6 is 11.3 Å². The number of thiazole rings is 1. The molecule has 2 aromatic heterocycles. The summed E-state index contributed by atoms with van der Waals surface area (Å²) in [6, 6.07) is 1.61. The Bertz CT molecular complexity index is 542. The molecule has 15 heavy (non-hydrogen) atoms. The zero-order valence-corrected chi connectivity index (χ0v) is 9.43. The largest absolute Gasteiger partial charge is 0.451 e. The van der Waals surface area contributed by atoms with Crippen LogP contribution in [0.5, 0.6) is 0 Å². The van der Waals surface area contributed by atoms with Crippen LogP contribution in [0, 0.1) is 0 Å². The lowest BCUT2D eigenvalue weighted by Gasteiger charge is -1.99. The first-order chi connectivity index (χ1) is 7.15. The summed E-state index contributed by atoms with van der Waals surface area (Å²) in [5, 5.41) is -0.0748. The van der Waals surface area contributed by atoms with Crippen LogP contribution in [0.15, 0.2) is 33.5 Å². The van der Waals surface area contributed by atoms with Gasteiger partial charge in [0.15, 0.2) is 0 Å². The number of sulfonamides is 1. The molecular formula is C8H8N2O3S2. The molecule has 0 fully saturated rings. The van der Waals surface area contributed by atoms with Crippen molar-refractivity contribution >= 4 is 21.4 Å². The quantitative estimate of drug-likeness (QED) is 0.883. The molecule has 0 bridgehead atoms. The van der Waals surface area contributed by atoms with Crippen molar-refractivity contribution in [3.05, 3.63) is 24.0 Å². The summed E-state index contributed by atoms with van der Waals surface area (Å²) in [5.74, 6) is 0. The first-order valence-electron chi connectivity index (χ1n) is 4.05. The average molecular weight is 244 g/mol. The molecule has 0 aliphatic heterocycles. The number of nitrogens with zero attached hydrogens (tertiary/aromatic N) is 1. The lowest BCUT2D eigenvalue weighted by atomic mass is 10.3. The molecule has 0 amide bonds. The summed E-state index contributed by atoms with van der Waals surface area (Å²) >= 11 is 1.36. The van der Waals surface area contributed by atoms with Crippen LogP contribution in [0.2, 0.25) is 0 Å². The van der Waals surface area contributed by atoms with E-state index in [4.69, 9.17) is 4.42 Å². The summed E-state index contributed by atoms with van der Waals surface area (Å²) in [7, 11) is -2.21. The van der Waals surface area contributed by atoms with Gasteiger partial charge in [0.2, 0.25) is 5.09 Å². The SMILES string of the molecule is CNS(=O)(=O)c1occc1-c1cncs1. The molecule has 0 atom stereocenters. The van der Waals surface area contributed by atoms with Gasteiger partial charge in [-0.1, -0.05) is 0 Å². The molecule has 0 spiro atoms. The van der Waals surface area contributed by atoms with E-state index in [1.54, 1.807) is 17.8 Å². The molecule has 7 heteroatoms. The van der Waals surface area contributed by atoms with Gasteiger partial charge >= 0.3 is 0 Å². The first-order valence-corrected chi connectivity index (χ1v) is 6.41. The van der Waals surface area contributed by atoms with E-state index >= 15 is 0 Å². The fourth-order valence-corrected chi connectivity index (χ4v) is 2.67. The van der Waals surface area contributed by atoms with Crippen molar-refractivity contribution < 1.29 is 12.8 Å². The number of rotatable bonds is 3. The molecule has 5 nitrogen and oxygen atoms in total. The van der Waals surface area contributed by atoms with E-state index in [1.165, 1.54) is 24.6 Å². The van der Waals surface area contributed by atoms with E-state index in [1.807, 2.05) is 0 Å². The summed E-state index contributed by atoms with van der Waals surface area (Å²) in [6.07, 6.45) is 2.95. The second kappa shape index (κ2) is 3.76. The number of nitrogens with one attached hydrogen (secondary N) is 1. The van der Waals surface area contributed by atoms with Crippen LogP contribution in [0.4, 0.5) is 0 Å². The predicted octanol–water partition coefficient (Wildman–Crippen LogP) is 1.31. The molecule has 0 saturated heterocycles. The molecule has 0 aliphatic carbocycles. The second-order valence-electron chi connectivity index (χ2n) is 2.69. The highest BCUT2D eigenvalue weighted by molar-refractivity contribution is 7.89. The van der Waals surface area contributed by atoms with Crippen molar-refractivity contribution in [2.24, 2.45) is 0 Å². The van der Waals surface area contributed by atoms with Crippen molar-refractivity contribution in [1.29, 1.82) is 0 Å². The number of aromatic nitrogens is 1. The third-order valence-electron chi connectivity index (χ3n) is 1.84. The van der Waals surface area contributed by atoms with Gasteiger partial charge in [-0.15, -0.1) is 11.3 Å². The third kappa shape index (κ3) is 1.81. The van der Waals surface area contributed by atoms with Gasteiger partial charge in [0.25, 0.3) is 10.0 Å². The Kier molecular flexibility index (Phi) is 2.59. The Balaban J connectivity index is 2.58. The zero-order chi connectivity index (χ0) is 10.9. The summed E-state index contributed by atoms with van der Waals surface area (Å²) in [4.78, 5) is 4.65. The fraction of sp³-hybridized carbons (Fsp3) is 0.125. The highest BCUT2D eigenvalue weighted by Gasteiger charge is 2.22. The number of hydrogen-bond donors (Lipinski definition) is 1. The molecule has 80 valence electrons. The number of furan rings is 1. The van der Waals surface area contributed by atoms with Crippen molar-refractivity contribution in [3.8, 4) is 10.4 Å². The van der Waals surface area contributed by atoms with Crippen LogP contribution in [0.3, 0.4) is 0 Å². The highest BCUT2D eigenvalue weighted by Crippen LogP contribution is 2.30. The summed E-state index contributed by atoms with van der Waals surface area (Å²) in [5.41, 5.74) is 2.17. The van der Waals surface area contributed by atoms with Gasteiger partial charge in [0.1, 0.15) is 0 Å². The molecule has 0 saturated carbocycles. The molecule has 0 unspecified atom stereocenters. The van der Waals surface area contributed by atoms with Gasteiger partial charge in [0, 0.05) is 6.20 Å². The minimum absolute atomic E-state index is 0.0748. The topological polar surface area (TPSA) is 72.2 Å². The molecular weight excluding hydrogens is 236 g/mol. The van der Waals surface area contributed by atoms with E-state index < -0.39 is 10.0 Å². The van der Waals surface area contributed by atoms with Crippen LogP contribution in [0.25, 0.3) is 10.4 Å². The van der Waals surface area contributed by atoms with Crippen LogP contribution in [0.1, 0.15) is 0 Å². The van der Waals surface area contributed by atoms with Gasteiger partial charge in [0.05, 0.1) is 22.2 Å². The molecule has 1 N–H and O–H groups in total. The zero-order valence-electron chi connectivity index (χ0n) is 7.80. The predicted molar refractivity (Wildman–Crippen MR) is 56.1 cm³/mol. The van der Waals surface area contributed by atoms with E-state index in [0.29, 0.717) is 5.56 Å². The normalized spacial score (nSPS) is 11.8. The maximum atomic E-state index is 11.6. The Morgan fingerprint density at radius 3 is 2.93 bits per heavy atom. The molecule has 0 aliphatic rings. The molecule has 2 rings (SSSR count). The van der Waals surface area contributed by atoms with Crippen molar-refractivity contribution in [2.75, 3.05) is 7.05 Å². The standard InChI is InChI=1S/C8H8N2O3S2/c1-9-15(11,12)8-6(2-3-13-8)7-4-10-5-14-7/h2-5,9H,1H3. The molecule has 0 aromatic carbocycles. The highest BCUT2D eigenvalue weighted by atomic mass is 32.2. The molecule has 0 radical (unpaired) electrons. The monoisotopic (exact) mass is 244 g/mol. The Labute approximate surface area is 90.8 Å². The van der Waals surface area contributed by atoms with Gasteiger partial charge in [-0.25, -0.2) is 13.1 Å². The van der Waals surface area contributed by atoms with Crippen molar-refractivity contribution in [2.45, 2.75) is 5.09 Å². The summed E-state index contributed by atoms with van der Waals surface area (Å²) < 4.78 is 30.3. The van der Waals surface area contributed by atoms with Gasteiger partial charge in [-0.3, -0.25) is 4.98 Å². The second-order valence-corrected chi connectivity index (χ2v) is 5.37. The van der Waals surface area contributed by atoms with Crippen molar-refractivity contribution in [1.82, 2.24) is 9.71 Å². The molecule has 2 heterocycles. The lowest BCUT2D eigenvalue weighted by Crippen LogP contribution is -2.18. The maximum absolute atomic E-state index is 11.6. The summed E-state index contributed by atoms with van der Waals surface area (Å²) in [6.45, 7) is 0. The third-order valence-corrected chi connectivity index (χ3v) is 3.99. The smallest absolute Gasteiger partial charge is 0.274 e. The van der Waals surface area contributed by atoms with Crippen LogP contribution in [-0.4, -0.2) is 20.4 Å². The molecule has 2 aromatic rings. The first kappa shape index (κ1) is 10.3. The van der Waals surface area contributed by atoms with Crippen LogP contribution in [-0.2, 0) is 10.0 Å². The Hall–Kier alpha value is -1.18. The van der Waals surface area contributed by atoms with Gasteiger partial charge in [-0.2, -0.15) is 0 Å². The average Bonchev–Trinajstić information content (AvgIpc) is 2.87. The van der Waals surface area contributed by atoms with E-state index in [9.17, 15) is 8.42 Å². The minimum atomic E-state index is -3.55. The lowest BCUT2D eigenvalue weighted by molar-refractivity contribution is 0.449. The minimum Gasteiger partial charge on any atom is -0.451 e. The van der Waals surface area contributed by atoms with Gasteiger partial charge in [-0.05, 0) is 13.1 Å². The maximum Gasteiger partial charge on any atom is 0.274 e. The Morgan fingerprint density at radius 2 is 2.33 bits per heavy atom. The number of hydrogen-bond acceptors (Lipinski definition) is 5. The van der Waals surface area contributed by atoms with Crippen LogP contribution < -0.4 is 4.72 Å².